The van der Waals surface area contributed by atoms with Gasteiger partial charge in [-0.05, 0) is 73.5 Å². The summed E-state index contributed by atoms with van der Waals surface area (Å²) in [6.45, 7) is 6.13. The molecule has 5 aromatic rings. The second kappa shape index (κ2) is 23.3. The van der Waals surface area contributed by atoms with E-state index in [1.807, 2.05) is 67.6 Å². The normalized spacial score (nSPS) is 14.0. The molecule has 1 atom stereocenters. The highest BCUT2D eigenvalue weighted by atomic mass is 32.1. The third kappa shape index (κ3) is 12.6. The van der Waals surface area contributed by atoms with E-state index in [4.69, 9.17) is 30.5 Å². The average molecular weight is 864 g/mol. The van der Waals surface area contributed by atoms with E-state index in [0.717, 1.165) is 64.0 Å². The fraction of sp³-hybridized carbons (Fsp3) is 0.340. The largest absolute Gasteiger partial charge is 0.491 e. The molecule has 62 heavy (non-hydrogen) atoms. The Balaban J connectivity index is 0.920. The molecule has 1 aliphatic rings. The first-order valence-electron chi connectivity index (χ1n) is 20.9. The number of carbonyl (C=O) groups excluding carboxylic acids is 3. The predicted molar refractivity (Wildman–Crippen MR) is 246 cm³/mol. The number of benzene rings is 4. The molecule has 2 heterocycles. The zero-order valence-corrected chi connectivity index (χ0v) is 36.2. The third-order valence-corrected chi connectivity index (χ3v) is 11.5. The van der Waals surface area contributed by atoms with E-state index in [2.05, 4.69) is 46.1 Å². The van der Waals surface area contributed by atoms with Gasteiger partial charge in [0.15, 0.2) is 0 Å². The molecule has 6 rings (SSSR count). The number of amides is 3. The molecule has 0 fully saturated rings. The molecular weight excluding hydrogens is 807 g/mol. The second-order valence-corrected chi connectivity index (χ2v) is 16.0. The number of nitrogens with one attached hydrogen (secondary N) is 3. The van der Waals surface area contributed by atoms with Crippen LogP contribution in [-0.4, -0.2) is 95.7 Å². The Morgan fingerprint density at radius 1 is 0.839 bits per heavy atom. The number of para-hydroxylation sites is 1. The van der Waals surface area contributed by atoms with E-state index >= 15 is 0 Å². The molecular formula is C47H57N7O7S. The van der Waals surface area contributed by atoms with Crippen LogP contribution in [0.5, 0.6) is 5.75 Å². The molecule has 1 aliphatic heterocycles. The first-order valence-corrected chi connectivity index (χ1v) is 21.7. The van der Waals surface area contributed by atoms with Gasteiger partial charge in [-0.25, -0.2) is 5.84 Å². The third-order valence-electron chi connectivity index (χ3n) is 10.3. The molecule has 3 amide bonds. The van der Waals surface area contributed by atoms with Crippen LogP contribution in [0, 0.1) is 0 Å². The van der Waals surface area contributed by atoms with E-state index in [-0.39, 0.29) is 30.0 Å². The second-order valence-electron chi connectivity index (χ2n) is 14.9. The molecule has 7 N–H and O–H groups in total. The van der Waals surface area contributed by atoms with E-state index in [0.29, 0.717) is 81.2 Å². The highest BCUT2D eigenvalue weighted by molar-refractivity contribution is 7.20. The van der Waals surface area contributed by atoms with E-state index in [1.165, 1.54) is 11.3 Å². The standard InChI is InChI=1S/C47H57N7O7S/c1-33(11-9-10-20-50-32-55)51-46(56)39-30-36(18-19-40(39)52-47(57)43-29-34-12-4-8-17-42(34)62-43)61-28-27-60-26-25-59-24-23-58-22-21-54(49)45-37-14-5-3-13-35(37)31-53(2)41-16-7-6-15-38(41)44(45)48/h3-8,12-19,29-30,32-33H,9-11,20-28,31,48-49H2,1-2H3,(H,50,55)(H,51,56)(H,52,57)/b45-44-. The number of unbranched alkanes of at least 4 members (excludes halogenated alkanes) is 1. The maximum absolute atomic E-state index is 13.6. The lowest BCUT2D eigenvalue weighted by molar-refractivity contribution is -0.109. The van der Waals surface area contributed by atoms with Crippen LogP contribution >= 0.6 is 11.3 Å². The van der Waals surface area contributed by atoms with Crippen molar-refractivity contribution in [2.75, 3.05) is 76.6 Å². The van der Waals surface area contributed by atoms with Crippen molar-refractivity contribution in [1.82, 2.24) is 15.6 Å². The Labute approximate surface area is 367 Å². The molecule has 14 nitrogen and oxygen atoms in total. The molecule has 1 unspecified atom stereocenters. The first kappa shape index (κ1) is 45.6. The number of hydrazine groups is 1. The van der Waals surface area contributed by atoms with Gasteiger partial charge in [0.2, 0.25) is 6.41 Å². The highest BCUT2D eigenvalue weighted by Crippen LogP contribution is 2.35. The molecule has 0 bridgehead atoms. The Kier molecular flexibility index (Phi) is 17.1. The number of nitrogens with two attached hydrogens (primary N) is 2. The lowest BCUT2D eigenvalue weighted by atomic mass is 9.96. The summed E-state index contributed by atoms with van der Waals surface area (Å²) in [6.07, 6.45) is 3.04. The quantitative estimate of drug-likeness (QED) is 0.0205. The van der Waals surface area contributed by atoms with Crippen LogP contribution in [0.25, 0.3) is 21.5 Å². The number of hydrogen-bond acceptors (Lipinski definition) is 12. The summed E-state index contributed by atoms with van der Waals surface area (Å²) in [5, 5.41) is 11.3. The topological polar surface area (TPSA) is 183 Å². The van der Waals surface area contributed by atoms with Crippen LogP contribution in [-0.2, 0) is 25.5 Å². The average Bonchev–Trinajstić information content (AvgIpc) is 3.72. The number of fused-ring (bicyclic) bond motifs is 3. The van der Waals surface area contributed by atoms with Gasteiger partial charge in [0.1, 0.15) is 12.4 Å². The Morgan fingerprint density at radius 2 is 1.53 bits per heavy atom. The molecule has 0 saturated heterocycles. The summed E-state index contributed by atoms with van der Waals surface area (Å²) in [7, 11) is 2.06. The molecule has 4 aromatic carbocycles. The molecule has 0 radical (unpaired) electrons. The summed E-state index contributed by atoms with van der Waals surface area (Å²) < 4.78 is 24.2. The van der Waals surface area contributed by atoms with Crippen LogP contribution in [0.3, 0.4) is 0 Å². The van der Waals surface area contributed by atoms with Crippen molar-refractivity contribution in [3.8, 4) is 5.75 Å². The number of ether oxygens (including phenoxy) is 4. The smallest absolute Gasteiger partial charge is 0.265 e. The van der Waals surface area contributed by atoms with Gasteiger partial charge in [0.05, 0.1) is 73.7 Å². The molecule has 1 aromatic heterocycles. The summed E-state index contributed by atoms with van der Waals surface area (Å²) in [5.41, 5.74) is 13.0. The minimum absolute atomic E-state index is 0.132. The van der Waals surface area contributed by atoms with E-state index in [1.54, 1.807) is 23.2 Å². The van der Waals surface area contributed by atoms with Gasteiger partial charge < -0.3 is 50.5 Å². The van der Waals surface area contributed by atoms with Crippen molar-refractivity contribution in [2.45, 2.75) is 38.8 Å². The minimum Gasteiger partial charge on any atom is -0.491 e. The monoisotopic (exact) mass is 863 g/mol. The molecule has 0 spiro atoms. The van der Waals surface area contributed by atoms with Crippen molar-refractivity contribution >= 4 is 62.4 Å². The zero-order valence-electron chi connectivity index (χ0n) is 35.4. The fourth-order valence-electron chi connectivity index (χ4n) is 7.18. The first-order chi connectivity index (χ1) is 30.2. The number of rotatable bonds is 24. The molecule has 0 saturated carbocycles. The van der Waals surface area contributed by atoms with Crippen LogP contribution in [0.1, 0.15) is 62.9 Å². The number of carbonyl (C=O) groups is 3. The lowest BCUT2D eigenvalue weighted by Crippen LogP contribution is -2.36. The van der Waals surface area contributed by atoms with Gasteiger partial charge in [0.25, 0.3) is 11.8 Å². The summed E-state index contributed by atoms with van der Waals surface area (Å²) in [5.74, 6) is 6.47. The van der Waals surface area contributed by atoms with Crippen LogP contribution < -0.4 is 37.2 Å². The van der Waals surface area contributed by atoms with Crippen molar-refractivity contribution in [2.24, 2.45) is 11.6 Å². The van der Waals surface area contributed by atoms with Gasteiger partial charge in [0, 0.05) is 47.7 Å². The zero-order chi connectivity index (χ0) is 43.7. The highest BCUT2D eigenvalue weighted by Gasteiger charge is 2.24. The van der Waals surface area contributed by atoms with Crippen molar-refractivity contribution in [1.29, 1.82) is 0 Å². The van der Waals surface area contributed by atoms with Gasteiger partial charge in [-0.2, -0.15) is 0 Å². The number of nitrogens with zero attached hydrogens (tertiary/aromatic N) is 2. The maximum Gasteiger partial charge on any atom is 0.265 e. The SMILES string of the molecule is CC(CCCCNC=O)NC(=O)c1cc(OCCOCCOCCOCCN(N)/C2=C(\N)c3ccccc3N(C)Cc3ccccc32)ccc1NC(=O)c1cc2ccccc2s1. The summed E-state index contributed by atoms with van der Waals surface area (Å²) >= 11 is 1.39. The summed E-state index contributed by atoms with van der Waals surface area (Å²) in [6, 6.07) is 30.8. The Hall–Kier alpha value is -5.97. The van der Waals surface area contributed by atoms with Gasteiger partial charge >= 0.3 is 0 Å². The predicted octanol–water partition coefficient (Wildman–Crippen LogP) is 6.23. The van der Waals surface area contributed by atoms with Gasteiger partial charge in [-0.3, -0.25) is 14.4 Å². The van der Waals surface area contributed by atoms with E-state index in [9.17, 15) is 14.4 Å². The molecule has 0 aliphatic carbocycles. The fourth-order valence-corrected chi connectivity index (χ4v) is 8.14. The van der Waals surface area contributed by atoms with E-state index < -0.39 is 0 Å². The van der Waals surface area contributed by atoms with Crippen molar-refractivity contribution in [3.63, 3.8) is 0 Å². The lowest BCUT2D eigenvalue weighted by Gasteiger charge is -2.32. The van der Waals surface area contributed by atoms with Gasteiger partial charge in [-0.15, -0.1) is 11.3 Å². The van der Waals surface area contributed by atoms with Crippen molar-refractivity contribution < 1.29 is 33.3 Å². The van der Waals surface area contributed by atoms with Crippen LogP contribution in [0.15, 0.2) is 97.1 Å². The summed E-state index contributed by atoms with van der Waals surface area (Å²) in [4.78, 5) is 40.1. The maximum atomic E-state index is 13.6. The Morgan fingerprint density at radius 3 is 2.31 bits per heavy atom. The Bertz CT molecular complexity index is 2270. The molecule has 328 valence electrons. The number of anilines is 2. The minimum atomic E-state index is -0.333. The van der Waals surface area contributed by atoms with Crippen LogP contribution in [0.2, 0.25) is 0 Å². The van der Waals surface area contributed by atoms with Crippen LogP contribution in [0.4, 0.5) is 11.4 Å². The molecule has 15 heteroatoms. The van der Waals surface area contributed by atoms with Crippen molar-refractivity contribution in [3.05, 3.63) is 124 Å². The van der Waals surface area contributed by atoms with Gasteiger partial charge in [-0.1, -0.05) is 60.7 Å². The number of hydrogen-bond donors (Lipinski definition) is 5. The number of thiophene rings is 1.